The van der Waals surface area contributed by atoms with E-state index in [-0.39, 0.29) is 11.9 Å². The third-order valence-corrected chi connectivity index (χ3v) is 8.92. The number of hydrogen-bond donors (Lipinski definition) is 6. The minimum Gasteiger partial charge on any atom is -0.383 e. The first kappa shape index (κ1) is 27.5. The van der Waals surface area contributed by atoms with Gasteiger partial charge < -0.3 is 16.4 Å². The number of thiophene rings is 1. The molecule has 0 fully saturated rings. The van der Waals surface area contributed by atoms with Crippen LogP contribution in [0.5, 0.6) is 0 Å². The molecule has 13 heteroatoms. The fourth-order valence-electron chi connectivity index (χ4n) is 3.92. The van der Waals surface area contributed by atoms with Crippen LogP contribution in [0.1, 0.15) is 35.5 Å². The number of aromatic nitrogens is 4. The molecule has 2 amide bonds. The highest BCUT2D eigenvalue weighted by Gasteiger charge is 2.18. The van der Waals surface area contributed by atoms with Gasteiger partial charge >= 0.3 is 6.03 Å². The monoisotopic (exact) mass is 568 g/mol. The molecule has 4 aromatic rings. The molecule has 0 aliphatic rings. The maximum absolute atomic E-state index is 13.4. The summed E-state index contributed by atoms with van der Waals surface area (Å²) in [4.78, 5) is 14.3. The van der Waals surface area contributed by atoms with E-state index in [2.05, 4.69) is 43.9 Å². The number of carbonyl (C=O) groups excluding carboxylic acids is 1. The smallest absolute Gasteiger partial charge is 0.319 e. The van der Waals surface area contributed by atoms with Gasteiger partial charge in [0.2, 0.25) is 0 Å². The van der Waals surface area contributed by atoms with Crippen molar-refractivity contribution in [1.29, 1.82) is 5.41 Å². The second-order valence-electron chi connectivity index (χ2n) is 8.51. The molecule has 198 valence electrons. The first-order valence-corrected chi connectivity index (χ1v) is 14.3. The van der Waals surface area contributed by atoms with Crippen molar-refractivity contribution in [1.82, 2.24) is 25.9 Å². The minimum atomic E-state index is -1.51. The Morgan fingerprint density at radius 1 is 1.18 bits per heavy atom. The first-order chi connectivity index (χ1) is 18.3. The lowest BCUT2D eigenvalue weighted by Crippen LogP contribution is -2.29. The molecule has 6 N–H and O–H groups in total. The molecule has 38 heavy (non-hydrogen) atoms. The summed E-state index contributed by atoms with van der Waals surface area (Å²) in [6.07, 6.45) is 3.43. The normalized spacial score (nSPS) is 11.7. The molecule has 1 atom stereocenters. The molecular weight excluding hydrogens is 541 g/mol. The average molecular weight is 569 g/mol. The predicted molar refractivity (Wildman–Crippen MR) is 153 cm³/mol. The lowest BCUT2D eigenvalue weighted by molar-refractivity contribution is 0.252. The number of nitrogen functional groups attached to an aromatic ring is 1. The quantitative estimate of drug-likeness (QED) is 0.0675. The van der Waals surface area contributed by atoms with E-state index in [1.807, 2.05) is 43.3 Å². The fourth-order valence-corrected chi connectivity index (χ4v) is 6.68. The maximum atomic E-state index is 13.4. The van der Waals surface area contributed by atoms with E-state index in [0.717, 1.165) is 42.4 Å². The highest BCUT2D eigenvalue weighted by atomic mass is 32.2. The van der Waals surface area contributed by atoms with Gasteiger partial charge in [0.1, 0.15) is 5.84 Å². The van der Waals surface area contributed by atoms with Crippen molar-refractivity contribution < 1.29 is 9.00 Å². The number of benzene rings is 2. The predicted octanol–water partition coefficient (Wildman–Crippen LogP) is 4.51. The zero-order valence-electron chi connectivity index (χ0n) is 20.7. The molecule has 0 saturated carbocycles. The van der Waals surface area contributed by atoms with Gasteiger partial charge in [-0.15, -0.1) is 34.2 Å². The summed E-state index contributed by atoms with van der Waals surface area (Å²) in [5, 5.41) is 27.4. The average Bonchev–Trinajstić information content (AvgIpc) is 3.55. The van der Waals surface area contributed by atoms with Gasteiger partial charge in [0.25, 0.3) is 0 Å². The van der Waals surface area contributed by atoms with E-state index in [1.165, 1.54) is 11.3 Å². The topological polar surface area (TPSA) is 163 Å². The SMILES string of the molecule is Cc1cccc(NC(=O)NCCCCCc2nn[nH]n2)c1-c1cccc(S(=O)c2cc(C(=N)N)sc2S)c1. The van der Waals surface area contributed by atoms with E-state index in [0.29, 0.717) is 36.9 Å². The van der Waals surface area contributed by atoms with Crippen LogP contribution in [0, 0.1) is 12.3 Å². The highest BCUT2D eigenvalue weighted by molar-refractivity contribution is 7.87. The molecule has 2 heterocycles. The molecule has 0 aliphatic heterocycles. The number of rotatable bonds is 11. The summed E-state index contributed by atoms with van der Waals surface area (Å²) < 4.78 is 13.9. The molecule has 0 aliphatic carbocycles. The summed E-state index contributed by atoms with van der Waals surface area (Å²) in [5.74, 6) is 0.609. The maximum Gasteiger partial charge on any atom is 0.319 e. The third kappa shape index (κ3) is 6.85. The Labute approximate surface area is 232 Å². The van der Waals surface area contributed by atoms with E-state index in [9.17, 15) is 9.00 Å². The molecule has 4 rings (SSSR count). The third-order valence-electron chi connectivity index (χ3n) is 5.75. The summed E-state index contributed by atoms with van der Waals surface area (Å²) >= 11 is 5.66. The van der Waals surface area contributed by atoms with Crippen molar-refractivity contribution in [2.24, 2.45) is 5.73 Å². The number of carbonyl (C=O) groups is 1. The second-order valence-corrected chi connectivity index (χ2v) is 11.8. The lowest BCUT2D eigenvalue weighted by Gasteiger charge is -2.15. The van der Waals surface area contributed by atoms with Crippen molar-refractivity contribution >= 4 is 52.3 Å². The van der Waals surface area contributed by atoms with Crippen LogP contribution in [0.4, 0.5) is 10.5 Å². The summed E-state index contributed by atoms with van der Waals surface area (Å²) in [5.41, 5.74) is 8.90. The van der Waals surface area contributed by atoms with Crippen LogP contribution < -0.4 is 16.4 Å². The first-order valence-electron chi connectivity index (χ1n) is 11.9. The van der Waals surface area contributed by atoms with Gasteiger partial charge in [-0.05, 0) is 55.2 Å². The number of anilines is 1. The summed E-state index contributed by atoms with van der Waals surface area (Å²) in [6, 6.07) is 14.5. The number of amides is 2. The van der Waals surface area contributed by atoms with Crippen LogP contribution in [0.25, 0.3) is 11.1 Å². The summed E-state index contributed by atoms with van der Waals surface area (Å²) in [6.45, 7) is 2.51. The van der Waals surface area contributed by atoms with Crippen LogP contribution in [0.3, 0.4) is 0 Å². The Bertz CT molecular complexity index is 1450. The second kappa shape index (κ2) is 12.8. The van der Waals surface area contributed by atoms with E-state index in [4.69, 9.17) is 11.1 Å². The standard InChI is InChI=1S/C25H28N8O2S3/c1-15-7-5-10-18(29-25(34)28-12-4-2-3-11-21-30-32-33-31-21)22(15)16-8-6-9-17(13-16)38(35)20-14-19(23(26)27)37-24(20)36/h5-10,13-14,36H,2-4,11-12H2,1H3,(H3,26,27)(H2,28,29,34)(H,30,31,32,33). The van der Waals surface area contributed by atoms with E-state index < -0.39 is 10.8 Å². The number of amidine groups is 1. The summed E-state index contributed by atoms with van der Waals surface area (Å²) in [7, 11) is -1.51. The molecular formula is C25H28N8O2S3. The number of tetrazole rings is 1. The zero-order valence-corrected chi connectivity index (χ0v) is 23.2. The Balaban J connectivity index is 1.42. The minimum absolute atomic E-state index is 0.0833. The molecule has 0 spiro atoms. The van der Waals surface area contributed by atoms with Crippen LogP contribution in [0.2, 0.25) is 0 Å². The van der Waals surface area contributed by atoms with Gasteiger partial charge in [0, 0.05) is 23.4 Å². The number of nitrogens with zero attached hydrogens (tertiary/aromatic N) is 3. The Morgan fingerprint density at radius 3 is 2.74 bits per heavy atom. The van der Waals surface area contributed by atoms with Gasteiger partial charge in [0.05, 0.1) is 30.5 Å². The van der Waals surface area contributed by atoms with Gasteiger partial charge in [-0.2, -0.15) is 5.21 Å². The number of H-pyrrole nitrogens is 1. The van der Waals surface area contributed by atoms with Crippen LogP contribution in [0.15, 0.2) is 62.5 Å². The zero-order chi connectivity index (χ0) is 27.1. The molecule has 0 radical (unpaired) electrons. The number of aryl methyl sites for hydroxylation is 2. The van der Waals surface area contributed by atoms with E-state index in [1.54, 1.807) is 12.1 Å². The van der Waals surface area contributed by atoms with Crippen molar-refractivity contribution in [3.63, 3.8) is 0 Å². The van der Waals surface area contributed by atoms with Gasteiger partial charge in [0.15, 0.2) is 5.82 Å². The molecule has 2 aromatic heterocycles. The van der Waals surface area contributed by atoms with Gasteiger partial charge in [-0.3, -0.25) is 5.41 Å². The number of urea groups is 1. The number of hydrogen-bond acceptors (Lipinski definition) is 8. The van der Waals surface area contributed by atoms with Crippen LogP contribution >= 0.6 is 24.0 Å². The number of aromatic amines is 1. The van der Waals surface area contributed by atoms with Gasteiger partial charge in [-0.1, -0.05) is 35.9 Å². The lowest BCUT2D eigenvalue weighted by atomic mass is 9.98. The van der Waals surface area contributed by atoms with E-state index >= 15 is 0 Å². The molecule has 0 saturated heterocycles. The molecule has 2 aromatic carbocycles. The Morgan fingerprint density at radius 2 is 2.00 bits per heavy atom. The number of unbranched alkanes of at least 4 members (excludes halogenated alkanes) is 2. The highest BCUT2D eigenvalue weighted by Crippen LogP contribution is 2.35. The number of nitrogens with one attached hydrogen (secondary N) is 4. The number of thiol groups is 1. The van der Waals surface area contributed by atoms with Crippen molar-refractivity contribution in [2.45, 2.75) is 46.6 Å². The van der Waals surface area contributed by atoms with Crippen LogP contribution in [-0.2, 0) is 17.2 Å². The molecule has 10 nitrogen and oxygen atoms in total. The van der Waals surface area contributed by atoms with Crippen molar-refractivity contribution in [3.8, 4) is 11.1 Å². The fraction of sp³-hybridized carbons (Fsp3) is 0.240. The largest absolute Gasteiger partial charge is 0.383 e. The Hall–Kier alpha value is -3.55. The molecule has 1 unspecified atom stereocenters. The molecule has 0 bridgehead atoms. The van der Waals surface area contributed by atoms with Crippen molar-refractivity contribution in [2.75, 3.05) is 11.9 Å². The number of nitrogens with two attached hydrogens (primary N) is 1. The Kier molecular flexibility index (Phi) is 9.26. The van der Waals surface area contributed by atoms with Crippen molar-refractivity contribution in [3.05, 3.63) is 64.8 Å². The van der Waals surface area contributed by atoms with Crippen LogP contribution in [-0.4, -0.2) is 43.2 Å². The van der Waals surface area contributed by atoms with Gasteiger partial charge in [-0.25, -0.2) is 9.00 Å².